The summed E-state index contributed by atoms with van der Waals surface area (Å²) in [6.07, 6.45) is 7.31. The third-order valence-electron chi connectivity index (χ3n) is 4.85. The molecular formula is C19H36IN5S. The Bertz CT molecular complexity index is 512. The number of unbranched alkanes of at least 4 members (excludes halogenated alkanes) is 2. The second-order valence-electron chi connectivity index (χ2n) is 6.89. The predicted octanol–water partition coefficient (Wildman–Crippen LogP) is 3.89. The first-order valence-corrected chi connectivity index (χ1v) is 10.7. The first kappa shape index (κ1) is 23.6. The highest BCUT2D eigenvalue weighted by atomic mass is 127. The molecule has 0 aromatic carbocycles. The van der Waals surface area contributed by atoms with E-state index in [0.717, 1.165) is 37.9 Å². The van der Waals surface area contributed by atoms with Crippen LogP contribution in [0.3, 0.4) is 0 Å². The van der Waals surface area contributed by atoms with Crippen molar-refractivity contribution in [3.63, 3.8) is 0 Å². The summed E-state index contributed by atoms with van der Waals surface area (Å²) < 4.78 is 0. The van der Waals surface area contributed by atoms with Crippen LogP contribution in [0, 0.1) is 5.92 Å². The minimum atomic E-state index is 0. The lowest BCUT2D eigenvalue weighted by Gasteiger charge is -2.31. The molecule has 0 radical (unpaired) electrons. The Kier molecular flexibility index (Phi) is 12.5. The Hall–Kier alpha value is -0.410. The summed E-state index contributed by atoms with van der Waals surface area (Å²) >= 11 is 1.79. The summed E-state index contributed by atoms with van der Waals surface area (Å²) in [6.45, 7) is 9.81. The van der Waals surface area contributed by atoms with Gasteiger partial charge in [-0.2, -0.15) is 0 Å². The van der Waals surface area contributed by atoms with E-state index in [4.69, 9.17) is 4.98 Å². The molecule has 2 heterocycles. The van der Waals surface area contributed by atoms with Crippen LogP contribution in [-0.4, -0.2) is 49.1 Å². The summed E-state index contributed by atoms with van der Waals surface area (Å²) in [7, 11) is 1.86. The van der Waals surface area contributed by atoms with Gasteiger partial charge in [0.05, 0.1) is 10.7 Å². The van der Waals surface area contributed by atoms with Crippen LogP contribution in [0.15, 0.2) is 10.4 Å². The molecular weight excluding hydrogens is 457 g/mol. The molecule has 7 heteroatoms. The normalized spacial score (nSPS) is 16.3. The number of rotatable bonds is 9. The van der Waals surface area contributed by atoms with Crippen LogP contribution >= 0.6 is 35.3 Å². The second kappa shape index (κ2) is 13.7. The lowest BCUT2D eigenvalue weighted by Crippen LogP contribution is -2.43. The highest BCUT2D eigenvalue weighted by molar-refractivity contribution is 14.0. The predicted molar refractivity (Wildman–Crippen MR) is 124 cm³/mol. The zero-order valence-electron chi connectivity index (χ0n) is 16.6. The van der Waals surface area contributed by atoms with E-state index in [1.807, 2.05) is 7.05 Å². The van der Waals surface area contributed by atoms with Gasteiger partial charge in [-0.1, -0.05) is 26.7 Å². The molecule has 1 aromatic heterocycles. The molecule has 5 nitrogen and oxygen atoms in total. The van der Waals surface area contributed by atoms with Crippen molar-refractivity contribution in [2.75, 3.05) is 33.2 Å². The van der Waals surface area contributed by atoms with Crippen molar-refractivity contribution in [2.45, 2.75) is 58.9 Å². The summed E-state index contributed by atoms with van der Waals surface area (Å²) in [5, 5.41) is 10.4. The Morgan fingerprint density at radius 3 is 2.65 bits per heavy atom. The molecule has 0 aliphatic carbocycles. The number of thiazole rings is 1. The number of halogens is 1. The van der Waals surface area contributed by atoms with Gasteiger partial charge >= 0.3 is 0 Å². The molecule has 0 atom stereocenters. The third-order valence-corrected chi connectivity index (χ3v) is 5.89. The summed E-state index contributed by atoms with van der Waals surface area (Å²) in [6, 6.07) is 0. The van der Waals surface area contributed by atoms with E-state index in [1.54, 1.807) is 11.3 Å². The van der Waals surface area contributed by atoms with Gasteiger partial charge in [0.1, 0.15) is 0 Å². The smallest absolute Gasteiger partial charge is 0.190 e. The van der Waals surface area contributed by atoms with Crippen LogP contribution in [-0.2, 0) is 13.0 Å². The standard InChI is InChI=1S/C19H35N5S.HI/c1-4-6-7-10-21-19(20-3)22-13-16-8-11-24(12-9-16)14-17-15-25-18(5-2)23-17;/h15-16H,4-14H2,1-3H3,(H2,20,21,22);1H. The number of aromatic nitrogens is 1. The number of nitrogens with zero attached hydrogens (tertiary/aromatic N) is 3. The fourth-order valence-corrected chi connectivity index (χ4v) is 3.94. The largest absolute Gasteiger partial charge is 0.356 e. The number of piperidine rings is 1. The monoisotopic (exact) mass is 493 g/mol. The summed E-state index contributed by atoms with van der Waals surface area (Å²) in [5.41, 5.74) is 1.25. The molecule has 0 spiro atoms. The first-order valence-electron chi connectivity index (χ1n) is 9.85. The van der Waals surface area contributed by atoms with Crippen molar-refractivity contribution < 1.29 is 0 Å². The Morgan fingerprint density at radius 1 is 1.27 bits per heavy atom. The fourth-order valence-electron chi connectivity index (χ4n) is 3.21. The Labute approximate surface area is 180 Å². The van der Waals surface area contributed by atoms with Gasteiger partial charge in [-0.25, -0.2) is 4.98 Å². The number of aryl methyl sites for hydroxylation is 1. The maximum absolute atomic E-state index is 4.69. The molecule has 26 heavy (non-hydrogen) atoms. The van der Waals surface area contributed by atoms with Gasteiger partial charge in [0.15, 0.2) is 5.96 Å². The van der Waals surface area contributed by atoms with Gasteiger partial charge in [-0.15, -0.1) is 35.3 Å². The molecule has 1 aliphatic heterocycles. The molecule has 0 amide bonds. The van der Waals surface area contributed by atoms with Crippen molar-refractivity contribution in [2.24, 2.45) is 10.9 Å². The average molecular weight is 494 g/mol. The van der Waals surface area contributed by atoms with Gasteiger partial charge in [-0.3, -0.25) is 9.89 Å². The number of nitrogens with one attached hydrogen (secondary N) is 2. The van der Waals surface area contributed by atoms with E-state index in [-0.39, 0.29) is 24.0 Å². The quantitative estimate of drug-likeness (QED) is 0.237. The number of aliphatic imine (C=N–C) groups is 1. The zero-order chi connectivity index (χ0) is 17.9. The number of hydrogen-bond acceptors (Lipinski definition) is 4. The van der Waals surface area contributed by atoms with Crippen LogP contribution in [0.2, 0.25) is 0 Å². The second-order valence-corrected chi connectivity index (χ2v) is 7.84. The van der Waals surface area contributed by atoms with Crippen LogP contribution in [0.25, 0.3) is 0 Å². The Morgan fingerprint density at radius 2 is 2.04 bits per heavy atom. The molecule has 1 aromatic rings. The molecule has 0 unspecified atom stereocenters. The van der Waals surface area contributed by atoms with Gasteiger partial charge in [0.25, 0.3) is 0 Å². The molecule has 0 saturated carbocycles. The van der Waals surface area contributed by atoms with Gasteiger partial charge in [-0.05, 0) is 44.7 Å². The third kappa shape index (κ3) is 8.52. The van der Waals surface area contributed by atoms with Gasteiger partial charge in [0.2, 0.25) is 0 Å². The van der Waals surface area contributed by atoms with E-state index in [1.165, 1.54) is 55.9 Å². The number of likely N-dealkylation sites (tertiary alicyclic amines) is 1. The zero-order valence-corrected chi connectivity index (χ0v) is 19.7. The number of guanidine groups is 1. The van der Waals surface area contributed by atoms with Gasteiger partial charge < -0.3 is 10.6 Å². The van der Waals surface area contributed by atoms with Crippen molar-refractivity contribution in [1.29, 1.82) is 0 Å². The number of hydrogen-bond donors (Lipinski definition) is 2. The topological polar surface area (TPSA) is 52.6 Å². The summed E-state index contributed by atoms with van der Waals surface area (Å²) in [5.74, 6) is 1.69. The molecule has 1 saturated heterocycles. The van der Waals surface area contributed by atoms with Crippen LogP contribution in [0.1, 0.15) is 56.7 Å². The van der Waals surface area contributed by atoms with Crippen LogP contribution < -0.4 is 10.6 Å². The molecule has 2 rings (SSSR count). The first-order chi connectivity index (χ1) is 12.2. The van der Waals surface area contributed by atoms with Crippen molar-refractivity contribution >= 4 is 41.3 Å². The highest BCUT2D eigenvalue weighted by Gasteiger charge is 2.20. The molecule has 2 N–H and O–H groups in total. The van der Waals surface area contributed by atoms with E-state index in [0.29, 0.717) is 0 Å². The molecule has 1 fully saturated rings. The minimum Gasteiger partial charge on any atom is -0.356 e. The van der Waals surface area contributed by atoms with Crippen LogP contribution in [0.5, 0.6) is 0 Å². The highest BCUT2D eigenvalue weighted by Crippen LogP contribution is 2.19. The van der Waals surface area contributed by atoms with Gasteiger partial charge in [0, 0.05) is 32.1 Å². The van der Waals surface area contributed by atoms with Crippen LogP contribution in [0.4, 0.5) is 0 Å². The van der Waals surface area contributed by atoms with Crippen molar-refractivity contribution in [1.82, 2.24) is 20.5 Å². The van der Waals surface area contributed by atoms with E-state index < -0.39 is 0 Å². The lowest BCUT2D eigenvalue weighted by atomic mass is 9.97. The van der Waals surface area contributed by atoms with E-state index in [2.05, 4.69) is 39.8 Å². The SMILES string of the molecule is CCCCCNC(=NC)NCC1CCN(Cc2csc(CC)n2)CC1.I. The molecule has 1 aliphatic rings. The van der Waals surface area contributed by atoms with E-state index >= 15 is 0 Å². The summed E-state index contributed by atoms with van der Waals surface area (Å²) in [4.78, 5) is 11.6. The molecule has 150 valence electrons. The molecule has 0 bridgehead atoms. The van der Waals surface area contributed by atoms with E-state index in [9.17, 15) is 0 Å². The Balaban J connectivity index is 0.00000338. The maximum atomic E-state index is 4.69. The minimum absolute atomic E-state index is 0. The van der Waals surface area contributed by atoms with Crippen molar-refractivity contribution in [3.05, 3.63) is 16.1 Å². The van der Waals surface area contributed by atoms with Crippen molar-refractivity contribution in [3.8, 4) is 0 Å². The maximum Gasteiger partial charge on any atom is 0.190 e. The average Bonchev–Trinajstić information content (AvgIpc) is 3.10. The lowest BCUT2D eigenvalue weighted by molar-refractivity contribution is 0.176. The fraction of sp³-hybridized carbons (Fsp3) is 0.789.